The van der Waals surface area contributed by atoms with Crippen molar-refractivity contribution < 1.29 is 18.0 Å². The van der Waals surface area contributed by atoms with E-state index in [2.05, 4.69) is 5.16 Å². The number of hydrogen-bond donors (Lipinski definition) is 0. The van der Waals surface area contributed by atoms with Gasteiger partial charge in [0.25, 0.3) is 5.24 Å². The molecule has 0 N–H and O–H groups in total. The topological polar surface area (TPSA) is 72.8 Å². The summed E-state index contributed by atoms with van der Waals surface area (Å²) in [5.41, 5.74) is 1.17. The molecule has 2 rings (SSSR count). The highest BCUT2D eigenvalue weighted by atomic mass is 35.5. The quantitative estimate of drug-likeness (QED) is 0.792. The molecule has 1 aromatic carbocycles. The lowest BCUT2D eigenvalue weighted by Gasteiger charge is -2.07. The SMILES string of the molecule is CS(=O)(=O)c1ccc(C(=O)Cl)c(C2=NOCC2)c1. The molecule has 0 bridgehead atoms. The van der Waals surface area contributed by atoms with Gasteiger partial charge < -0.3 is 4.84 Å². The van der Waals surface area contributed by atoms with Gasteiger partial charge in [-0.2, -0.15) is 0 Å². The van der Waals surface area contributed by atoms with Crippen molar-refractivity contribution in [1.29, 1.82) is 0 Å². The highest BCUT2D eigenvalue weighted by Gasteiger charge is 2.20. The summed E-state index contributed by atoms with van der Waals surface area (Å²) >= 11 is 5.47. The predicted octanol–water partition coefficient (Wildman–Crippen LogP) is 1.59. The molecule has 0 fully saturated rings. The average Bonchev–Trinajstić information content (AvgIpc) is 2.80. The van der Waals surface area contributed by atoms with Gasteiger partial charge in [0, 0.05) is 23.8 Å². The molecule has 0 radical (unpaired) electrons. The Morgan fingerprint density at radius 3 is 2.67 bits per heavy atom. The van der Waals surface area contributed by atoms with Crippen LogP contribution in [0.2, 0.25) is 0 Å². The standard InChI is InChI=1S/C11H10ClNO4S/c1-18(15,16)7-2-3-8(11(12)14)9(6-7)10-4-5-17-13-10/h2-3,6H,4-5H2,1H3. The summed E-state index contributed by atoms with van der Waals surface area (Å²) in [5.74, 6) is 0. The lowest BCUT2D eigenvalue weighted by atomic mass is 10.0. The van der Waals surface area contributed by atoms with E-state index >= 15 is 0 Å². The van der Waals surface area contributed by atoms with E-state index in [0.717, 1.165) is 6.26 Å². The first kappa shape index (κ1) is 13.0. The molecule has 0 saturated carbocycles. The number of rotatable bonds is 3. The van der Waals surface area contributed by atoms with Crippen LogP contribution in [0.5, 0.6) is 0 Å². The van der Waals surface area contributed by atoms with E-state index in [9.17, 15) is 13.2 Å². The Balaban J connectivity index is 2.62. The maximum absolute atomic E-state index is 11.5. The van der Waals surface area contributed by atoms with Gasteiger partial charge in [0.1, 0.15) is 6.61 Å². The minimum atomic E-state index is -3.35. The number of carbonyl (C=O) groups is 1. The fourth-order valence-electron chi connectivity index (χ4n) is 1.66. The van der Waals surface area contributed by atoms with Gasteiger partial charge in [0.15, 0.2) is 9.84 Å². The van der Waals surface area contributed by atoms with Gasteiger partial charge in [-0.1, -0.05) is 5.16 Å². The summed E-state index contributed by atoms with van der Waals surface area (Å²) in [5, 5.41) is 3.13. The first-order chi connectivity index (χ1) is 8.39. The van der Waals surface area contributed by atoms with Gasteiger partial charge in [-0.15, -0.1) is 0 Å². The van der Waals surface area contributed by atoms with Crippen LogP contribution in [-0.4, -0.2) is 32.2 Å². The van der Waals surface area contributed by atoms with Crippen molar-refractivity contribution in [1.82, 2.24) is 0 Å². The Bertz CT molecular complexity index is 636. The molecule has 1 aliphatic rings. The number of halogens is 1. The zero-order chi connectivity index (χ0) is 13.3. The number of nitrogens with zero attached hydrogens (tertiary/aromatic N) is 1. The van der Waals surface area contributed by atoms with Gasteiger partial charge in [-0.3, -0.25) is 4.79 Å². The van der Waals surface area contributed by atoms with Crippen LogP contribution in [-0.2, 0) is 14.7 Å². The number of carbonyl (C=O) groups excluding carboxylic acids is 1. The molecule has 1 aromatic rings. The maximum atomic E-state index is 11.5. The van der Waals surface area contributed by atoms with Gasteiger partial charge in [0.05, 0.1) is 10.6 Å². The van der Waals surface area contributed by atoms with E-state index in [4.69, 9.17) is 16.4 Å². The van der Waals surface area contributed by atoms with Crippen LogP contribution in [0.4, 0.5) is 0 Å². The molecule has 0 spiro atoms. The molecule has 1 heterocycles. The second kappa shape index (κ2) is 4.70. The normalized spacial score (nSPS) is 15.1. The van der Waals surface area contributed by atoms with Gasteiger partial charge in [0.2, 0.25) is 0 Å². The van der Waals surface area contributed by atoms with Crippen molar-refractivity contribution in [2.45, 2.75) is 11.3 Å². The maximum Gasteiger partial charge on any atom is 0.253 e. The van der Waals surface area contributed by atoms with Crippen LogP contribution in [0.15, 0.2) is 28.3 Å². The van der Waals surface area contributed by atoms with E-state index in [-0.39, 0.29) is 10.5 Å². The number of hydrogen-bond acceptors (Lipinski definition) is 5. The Morgan fingerprint density at radius 1 is 1.44 bits per heavy atom. The zero-order valence-corrected chi connectivity index (χ0v) is 11.1. The highest BCUT2D eigenvalue weighted by molar-refractivity contribution is 7.90. The summed E-state index contributed by atoms with van der Waals surface area (Å²) in [6.07, 6.45) is 1.62. The first-order valence-electron chi connectivity index (χ1n) is 5.13. The summed E-state index contributed by atoms with van der Waals surface area (Å²) < 4.78 is 23.0. The van der Waals surface area contributed by atoms with Crippen molar-refractivity contribution in [3.8, 4) is 0 Å². The Hall–Kier alpha value is -1.40. The third kappa shape index (κ3) is 2.54. The van der Waals surface area contributed by atoms with Crippen LogP contribution < -0.4 is 0 Å². The molecule has 18 heavy (non-hydrogen) atoms. The molecule has 0 atom stereocenters. The lowest BCUT2D eigenvalue weighted by molar-refractivity contribution is 0.108. The van der Waals surface area contributed by atoms with Crippen LogP contribution in [0, 0.1) is 0 Å². The van der Waals surface area contributed by atoms with E-state index in [0.29, 0.717) is 24.3 Å². The second-order valence-electron chi connectivity index (χ2n) is 3.87. The molecule has 5 nitrogen and oxygen atoms in total. The van der Waals surface area contributed by atoms with Gasteiger partial charge >= 0.3 is 0 Å². The summed E-state index contributed by atoms with van der Waals surface area (Å²) in [4.78, 5) is 16.3. The summed E-state index contributed by atoms with van der Waals surface area (Å²) in [7, 11) is -3.35. The fraction of sp³-hybridized carbons (Fsp3) is 0.273. The van der Waals surface area contributed by atoms with E-state index < -0.39 is 15.1 Å². The van der Waals surface area contributed by atoms with E-state index in [1.807, 2.05) is 0 Å². The van der Waals surface area contributed by atoms with Crippen molar-refractivity contribution in [3.63, 3.8) is 0 Å². The molecule has 0 amide bonds. The summed E-state index contributed by atoms with van der Waals surface area (Å²) in [6.45, 7) is 0.411. The molecular formula is C11H10ClNO4S. The van der Waals surface area contributed by atoms with Crippen molar-refractivity contribution in [2.24, 2.45) is 5.16 Å². The number of sulfone groups is 1. The number of benzene rings is 1. The van der Waals surface area contributed by atoms with Crippen molar-refractivity contribution in [2.75, 3.05) is 12.9 Å². The predicted molar refractivity (Wildman–Crippen MR) is 66.8 cm³/mol. The Kier molecular flexibility index (Phi) is 3.41. The molecule has 0 aromatic heterocycles. The van der Waals surface area contributed by atoms with Crippen molar-refractivity contribution in [3.05, 3.63) is 29.3 Å². The van der Waals surface area contributed by atoms with E-state index in [1.54, 1.807) is 0 Å². The lowest BCUT2D eigenvalue weighted by Crippen LogP contribution is -2.08. The molecule has 0 aliphatic carbocycles. The monoisotopic (exact) mass is 287 g/mol. The smallest absolute Gasteiger partial charge is 0.253 e. The van der Waals surface area contributed by atoms with Crippen LogP contribution in [0.1, 0.15) is 22.3 Å². The second-order valence-corrected chi connectivity index (χ2v) is 6.23. The third-order valence-electron chi connectivity index (χ3n) is 2.55. The van der Waals surface area contributed by atoms with Crippen LogP contribution in [0.25, 0.3) is 0 Å². The molecular weight excluding hydrogens is 278 g/mol. The highest BCUT2D eigenvalue weighted by Crippen LogP contribution is 2.21. The molecule has 0 unspecified atom stereocenters. The average molecular weight is 288 g/mol. The molecule has 7 heteroatoms. The van der Waals surface area contributed by atoms with E-state index in [1.165, 1.54) is 18.2 Å². The Morgan fingerprint density at radius 2 is 2.17 bits per heavy atom. The minimum Gasteiger partial charge on any atom is -0.395 e. The summed E-state index contributed by atoms with van der Waals surface area (Å²) in [6, 6.07) is 4.14. The van der Waals surface area contributed by atoms with Crippen LogP contribution in [0.3, 0.4) is 0 Å². The van der Waals surface area contributed by atoms with Crippen molar-refractivity contribution >= 4 is 32.4 Å². The van der Waals surface area contributed by atoms with Gasteiger partial charge in [-0.25, -0.2) is 8.42 Å². The Labute approximate surface area is 109 Å². The molecule has 96 valence electrons. The van der Waals surface area contributed by atoms with Gasteiger partial charge in [-0.05, 0) is 29.8 Å². The third-order valence-corrected chi connectivity index (χ3v) is 3.86. The molecule has 1 aliphatic heterocycles. The number of oxime groups is 1. The molecule has 0 saturated heterocycles. The minimum absolute atomic E-state index is 0.119. The van der Waals surface area contributed by atoms with Crippen LogP contribution >= 0.6 is 11.6 Å². The first-order valence-corrected chi connectivity index (χ1v) is 7.39. The zero-order valence-electron chi connectivity index (χ0n) is 9.51. The fourth-order valence-corrected chi connectivity index (χ4v) is 2.47. The largest absolute Gasteiger partial charge is 0.395 e.